The SMILES string of the molecule is Nc1ncn(Cc2c(Cl)cccc2Cl)c2nc(C(F)(F)C(F)(F)F)nc1-2. The molecule has 0 unspecified atom stereocenters. The average molecular weight is 412 g/mol. The summed E-state index contributed by atoms with van der Waals surface area (Å²) in [5, 5.41) is 0.547. The Balaban J connectivity index is 2.13. The third-order valence-corrected chi connectivity index (χ3v) is 4.23. The number of hydrogen-bond acceptors (Lipinski definition) is 4. The van der Waals surface area contributed by atoms with Crippen LogP contribution in [0.15, 0.2) is 24.5 Å². The molecule has 2 aliphatic rings. The van der Waals surface area contributed by atoms with Gasteiger partial charge in [-0.2, -0.15) is 22.0 Å². The molecule has 0 radical (unpaired) electrons. The minimum atomic E-state index is -5.85. The number of rotatable bonds is 3. The van der Waals surface area contributed by atoms with Gasteiger partial charge in [-0.25, -0.2) is 15.0 Å². The van der Waals surface area contributed by atoms with Gasteiger partial charge < -0.3 is 10.3 Å². The molecule has 12 heteroatoms. The molecule has 0 bridgehead atoms. The summed E-state index contributed by atoms with van der Waals surface area (Å²) in [4.78, 5) is 10.3. The fourth-order valence-electron chi connectivity index (χ4n) is 2.19. The molecule has 1 aromatic carbocycles. The summed E-state index contributed by atoms with van der Waals surface area (Å²) in [7, 11) is 0. The van der Waals surface area contributed by atoms with E-state index in [9.17, 15) is 22.0 Å². The van der Waals surface area contributed by atoms with Crippen molar-refractivity contribution in [3.8, 4) is 11.5 Å². The second kappa shape index (κ2) is 6.20. The van der Waals surface area contributed by atoms with E-state index in [-0.39, 0.29) is 33.9 Å². The van der Waals surface area contributed by atoms with Gasteiger partial charge in [-0.3, -0.25) is 0 Å². The molecule has 0 aromatic heterocycles. The van der Waals surface area contributed by atoms with Gasteiger partial charge in [0.25, 0.3) is 0 Å². The number of imidazole rings is 1. The van der Waals surface area contributed by atoms with Gasteiger partial charge in [0.05, 0.1) is 12.9 Å². The molecule has 0 aliphatic carbocycles. The summed E-state index contributed by atoms with van der Waals surface area (Å²) in [6, 6.07) is 4.69. The van der Waals surface area contributed by atoms with E-state index in [0.717, 1.165) is 6.33 Å². The van der Waals surface area contributed by atoms with E-state index in [1.54, 1.807) is 18.2 Å². The van der Waals surface area contributed by atoms with Gasteiger partial charge in [0, 0.05) is 15.6 Å². The Bertz CT molecular complexity index is 920. The molecule has 0 saturated carbocycles. The highest BCUT2D eigenvalue weighted by Crippen LogP contribution is 2.44. The minimum Gasteiger partial charge on any atom is -0.382 e. The summed E-state index contributed by atoms with van der Waals surface area (Å²) < 4.78 is 66.0. The number of nitrogens with two attached hydrogens (primary N) is 1. The van der Waals surface area contributed by atoms with Crippen molar-refractivity contribution < 1.29 is 22.0 Å². The monoisotopic (exact) mass is 411 g/mol. The number of hydrogen-bond donors (Lipinski definition) is 1. The maximum atomic E-state index is 13.6. The maximum absolute atomic E-state index is 13.6. The van der Waals surface area contributed by atoms with Crippen molar-refractivity contribution >= 4 is 29.0 Å². The molecule has 0 spiro atoms. The predicted molar refractivity (Wildman–Crippen MR) is 84.4 cm³/mol. The van der Waals surface area contributed by atoms with E-state index in [1.807, 2.05) is 0 Å². The molecule has 2 N–H and O–H groups in total. The van der Waals surface area contributed by atoms with Gasteiger partial charge >= 0.3 is 12.1 Å². The van der Waals surface area contributed by atoms with Gasteiger partial charge in [-0.05, 0) is 12.1 Å². The first-order valence-electron chi connectivity index (χ1n) is 6.88. The summed E-state index contributed by atoms with van der Waals surface area (Å²) in [5.41, 5.74) is 5.56. The Morgan fingerprint density at radius 1 is 1.04 bits per heavy atom. The van der Waals surface area contributed by atoms with Crippen molar-refractivity contribution in [3.05, 3.63) is 46.0 Å². The van der Waals surface area contributed by atoms with Crippen LogP contribution in [0.4, 0.5) is 27.8 Å². The van der Waals surface area contributed by atoms with Crippen LogP contribution in [0.25, 0.3) is 11.5 Å². The van der Waals surface area contributed by atoms with E-state index >= 15 is 0 Å². The zero-order chi connectivity index (χ0) is 19.3. The van der Waals surface area contributed by atoms with Crippen molar-refractivity contribution in [2.24, 2.45) is 0 Å². The largest absolute Gasteiger partial charge is 0.461 e. The molecule has 0 fully saturated rings. The van der Waals surface area contributed by atoms with Crippen LogP contribution < -0.4 is 5.73 Å². The lowest BCUT2D eigenvalue weighted by atomic mass is 10.2. The van der Waals surface area contributed by atoms with Crippen LogP contribution in [0, 0.1) is 0 Å². The number of anilines is 1. The second-order valence-corrected chi connectivity index (χ2v) is 6.06. The summed E-state index contributed by atoms with van der Waals surface area (Å²) >= 11 is 12.1. The van der Waals surface area contributed by atoms with Gasteiger partial charge in [0.1, 0.15) is 0 Å². The lowest BCUT2D eigenvalue weighted by Gasteiger charge is -2.15. The predicted octanol–water partition coefficient (Wildman–Crippen LogP) is 4.37. The minimum absolute atomic E-state index is 0.0853. The first kappa shape index (κ1) is 18.6. The van der Waals surface area contributed by atoms with E-state index in [0.29, 0.717) is 5.56 Å². The van der Waals surface area contributed by atoms with Gasteiger partial charge in [0.2, 0.25) is 5.82 Å². The molecule has 0 amide bonds. The smallest absolute Gasteiger partial charge is 0.382 e. The van der Waals surface area contributed by atoms with Gasteiger partial charge in [-0.1, -0.05) is 29.3 Å². The van der Waals surface area contributed by atoms with E-state index in [2.05, 4.69) is 15.0 Å². The fourth-order valence-corrected chi connectivity index (χ4v) is 2.71. The molecule has 3 rings (SSSR count). The summed E-state index contributed by atoms with van der Waals surface area (Å²) in [6.07, 6.45) is -4.72. The lowest BCUT2D eigenvalue weighted by molar-refractivity contribution is -0.292. The molecule has 0 saturated heterocycles. The van der Waals surface area contributed by atoms with Crippen molar-refractivity contribution in [3.63, 3.8) is 0 Å². The lowest BCUT2D eigenvalue weighted by Crippen LogP contribution is -2.34. The molecule has 2 aliphatic heterocycles. The highest BCUT2D eigenvalue weighted by molar-refractivity contribution is 6.35. The third kappa shape index (κ3) is 3.03. The molecule has 138 valence electrons. The number of nitrogens with zero attached hydrogens (tertiary/aromatic N) is 4. The van der Waals surface area contributed by atoms with Crippen LogP contribution in [0.5, 0.6) is 0 Å². The van der Waals surface area contributed by atoms with Gasteiger partial charge in [0.15, 0.2) is 17.3 Å². The van der Waals surface area contributed by atoms with Crippen LogP contribution in [-0.4, -0.2) is 25.7 Å². The topological polar surface area (TPSA) is 69.6 Å². The summed E-state index contributed by atoms with van der Waals surface area (Å²) in [5.74, 6) is -7.58. The molecule has 2 heterocycles. The highest BCUT2D eigenvalue weighted by atomic mass is 35.5. The van der Waals surface area contributed by atoms with Crippen molar-refractivity contribution in [2.45, 2.75) is 18.6 Å². The fraction of sp³-hybridized carbons (Fsp3) is 0.214. The van der Waals surface area contributed by atoms with Crippen LogP contribution >= 0.6 is 23.2 Å². The molecule has 1 aromatic rings. The van der Waals surface area contributed by atoms with Crippen LogP contribution in [0.2, 0.25) is 10.0 Å². The number of halogens is 7. The van der Waals surface area contributed by atoms with Crippen LogP contribution in [-0.2, 0) is 12.5 Å². The molecule has 26 heavy (non-hydrogen) atoms. The maximum Gasteiger partial charge on any atom is 0.461 e. The number of aromatic nitrogens is 4. The Kier molecular flexibility index (Phi) is 4.43. The Labute approximate surface area is 152 Å². The number of benzene rings is 1. The Hall–Kier alpha value is -2.20. The van der Waals surface area contributed by atoms with E-state index in [4.69, 9.17) is 28.9 Å². The summed E-state index contributed by atoms with van der Waals surface area (Å²) in [6.45, 7) is -0.0853. The number of nitrogen functional groups attached to an aromatic ring is 1. The first-order chi connectivity index (χ1) is 12.0. The highest BCUT2D eigenvalue weighted by Gasteiger charge is 2.62. The standard InChI is InChI=1S/C14H8Cl2F5N5/c15-7-2-1-3-8(16)6(7)4-26-5-23-10(22)9-11(26)25-12(24-9)13(17,18)14(19,20)21/h1-3,5H,4,22H2. The number of alkyl halides is 5. The van der Waals surface area contributed by atoms with Crippen molar-refractivity contribution in [2.75, 3.05) is 5.73 Å². The normalized spacial score (nSPS) is 12.7. The Morgan fingerprint density at radius 2 is 1.65 bits per heavy atom. The van der Waals surface area contributed by atoms with Gasteiger partial charge in [-0.15, -0.1) is 0 Å². The molecule has 0 atom stereocenters. The second-order valence-electron chi connectivity index (χ2n) is 5.25. The molecular formula is C14H8Cl2F5N5. The van der Waals surface area contributed by atoms with Crippen molar-refractivity contribution in [1.82, 2.24) is 19.5 Å². The quantitative estimate of drug-likeness (QED) is 0.649. The van der Waals surface area contributed by atoms with Crippen LogP contribution in [0.3, 0.4) is 0 Å². The van der Waals surface area contributed by atoms with E-state index < -0.39 is 17.9 Å². The number of fused-ring (bicyclic) bond motifs is 1. The Morgan fingerprint density at radius 3 is 2.23 bits per heavy atom. The molecular weight excluding hydrogens is 404 g/mol. The van der Waals surface area contributed by atoms with Crippen LogP contribution in [0.1, 0.15) is 11.4 Å². The van der Waals surface area contributed by atoms with Crippen molar-refractivity contribution in [1.29, 1.82) is 0 Å². The zero-order valence-electron chi connectivity index (χ0n) is 12.5. The molecule has 5 nitrogen and oxygen atoms in total. The first-order valence-corrected chi connectivity index (χ1v) is 7.64. The average Bonchev–Trinajstić information content (AvgIpc) is 2.99. The zero-order valence-corrected chi connectivity index (χ0v) is 14.0. The van der Waals surface area contributed by atoms with E-state index in [1.165, 1.54) is 4.57 Å². The third-order valence-electron chi connectivity index (χ3n) is 3.52.